The SMILES string of the molecule is CC(C)(C)OC(=O)N1Cc2ccccc2C[C@@H]1C(=O)N[C@H](Cc1ccc(Cl)cc1)C(=O)N1CCN(C2(CCn3cncn3)CCCCC2)CC1. The number of rotatable bonds is 9. The van der Waals surface area contributed by atoms with Crippen molar-refractivity contribution >= 4 is 29.5 Å². The number of carbonyl (C=O) groups excluding carboxylic acids is 3. The van der Waals surface area contributed by atoms with Crippen molar-refractivity contribution < 1.29 is 19.1 Å². The predicted octanol–water partition coefficient (Wildman–Crippen LogP) is 5.26. The second-order valence-corrected chi connectivity index (χ2v) is 15.4. The van der Waals surface area contributed by atoms with Crippen LogP contribution in [-0.4, -0.2) is 96.8 Å². The highest BCUT2D eigenvalue weighted by molar-refractivity contribution is 6.30. The van der Waals surface area contributed by atoms with Crippen molar-refractivity contribution in [3.8, 4) is 0 Å². The molecular weight excluding hydrogens is 654 g/mol. The van der Waals surface area contributed by atoms with Gasteiger partial charge in [-0.1, -0.05) is 67.3 Å². The molecular formula is C38H50ClN7O4. The molecule has 3 heterocycles. The first-order chi connectivity index (χ1) is 24.0. The fourth-order valence-electron chi connectivity index (χ4n) is 7.82. The highest BCUT2D eigenvalue weighted by Gasteiger charge is 2.42. The molecule has 0 unspecified atom stereocenters. The topological polar surface area (TPSA) is 113 Å². The molecule has 2 atom stereocenters. The second kappa shape index (κ2) is 15.5. The number of nitrogens with zero attached hydrogens (tertiary/aromatic N) is 6. The van der Waals surface area contributed by atoms with Gasteiger partial charge < -0.3 is 15.0 Å². The van der Waals surface area contributed by atoms with Gasteiger partial charge in [-0.05, 0) is 68.9 Å². The van der Waals surface area contributed by atoms with Crippen LogP contribution in [0.4, 0.5) is 4.79 Å². The average molecular weight is 704 g/mol. The fraction of sp³-hybridized carbons (Fsp3) is 0.553. The first-order valence-electron chi connectivity index (χ1n) is 18.0. The normalized spacial score (nSPS) is 20.1. The third-order valence-corrected chi connectivity index (χ3v) is 10.7. The minimum atomic E-state index is -0.826. The second-order valence-electron chi connectivity index (χ2n) is 15.0. The summed E-state index contributed by atoms with van der Waals surface area (Å²) >= 11 is 6.18. The summed E-state index contributed by atoms with van der Waals surface area (Å²) < 4.78 is 7.65. The van der Waals surface area contributed by atoms with Gasteiger partial charge in [-0.15, -0.1) is 0 Å². The lowest BCUT2D eigenvalue weighted by molar-refractivity contribution is -0.140. The van der Waals surface area contributed by atoms with E-state index in [2.05, 4.69) is 20.3 Å². The molecule has 0 radical (unpaired) electrons. The van der Waals surface area contributed by atoms with Gasteiger partial charge in [0, 0.05) is 56.1 Å². The summed E-state index contributed by atoms with van der Waals surface area (Å²) in [5, 5.41) is 8.04. The Morgan fingerprint density at radius 3 is 2.34 bits per heavy atom. The Morgan fingerprint density at radius 2 is 1.68 bits per heavy atom. The summed E-state index contributed by atoms with van der Waals surface area (Å²) in [6.45, 7) is 9.21. The molecule has 1 N–H and O–H groups in total. The number of aromatic nitrogens is 3. The molecule has 12 heteroatoms. The van der Waals surface area contributed by atoms with Crippen molar-refractivity contribution in [1.29, 1.82) is 0 Å². The molecule has 3 aliphatic rings. The van der Waals surface area contributed by atoms with E-state index in [-0.39, 0.29) is 23.9 Å². The lowest BCUT2D eigenvalue weighted by Crippen LogP contribution is -2.62. The molecule has 1 aromatic heterocycles. The number of benzene rings is 2. The number of nitrogens with one attached hydrogen (secondary N) is 1. The summed E-state index contributed by atoms with van der Waals surface area (Å²) in [6, 6.07) is 13.6. The summed E-state index contributed by atoms with van der Waals surface area (Å²) in [4.78, 5) is 52.2. The van der Waals surface area contributed by atoms with Crippen molar-refractivity contribution in [2.24, 2.45) is 0 Å². The Kier molecular flexibility index (Phi) is 11.1. The molecule has 2 aliphatic heterocycles. The van der Waals surface area contributed by atoms with E-state index in [0.29, 0.717) is 31.0 Å². The molecule has 268 valence electrons. The number of aryl methyl sites for hydroxylation is 1. The van der Waals surface area contributed by atoms with E-state index >= 15 is 0 Å². The molecule has 2 aromatic carbocycles. The van der Waals surface area contributed by atoms with Crippen LogP contribution in [0.5, 0.6) is 0 Å². The van der Waals surface area contributed by atoms with Crippen LogP contribution < -0.4 is 5.32 Å². The zero-order valence-electron chi connectivity index (χ0n) is 29.5. The van der Waals surface area contributed by atoms with Crippen LogP contribution in [0.2, 0.25) is 5.02 Å². The first kappa shape index (κ1) is 35.9. The molecule has 3 aromatic rings. The molecule has 50 heavy (non-hydrogen) atoms. The first-order valence-corrected chi connectivity index (χ1v) is 18.3. The maximum atomic E-state index is 14.4. The van der Waals surface area contributed by atoms with Gasteiger partial charge >= 0.3 is 6.09 Å². The van der Waals surface area contributed by atoms with Crippen LogP contribution in [0.15, 0.2) is 61.2 Å². The van der Waals surface area contributed by atoms with Crippen LogP contribution in [0.1, 0.15) is 76.0 Å². The quantitative estimate of drug-likeness (QED) is 0.324. The largest absolute Gasteiger partial charge is 0.444 e. The van der Waals surface area contributed by atoms with Crippen molar-refractivity contribution in [1.82, 2.24) is 34.8 Å². The van der Waals surface area contributed by atoms with Crippen molar-refractivity contribution in [3.63, 3.8) is 0 Å². The Bertz CT molecular complexity index is 1610. The number of halogens is 1. The zero-order valence-corrected chi connectivity index (χ0v) is 30.3. The molecule has 1 aliphatic carbocycles. The van der Waals surface area contributed by atoms with E-state index in [1.807, 2.05) is 66.8 Å². The van der Waals surface area contributed by atoms with Gasteiger partial charge in [-0.25, -0.2) is 9.78 Å². The Balaban J connectivity index is 1.18. The minimum Gasteiger partial charge on any atom is -0.444 e. The molecule has 0 spiro atoms. The van der Waals surface area contributed by atoms with E-state index < -0.39 is 23.8 Å². The molecule has 3 amide bonds. The fourth-order valence-corrected chi connectivity index (χ4v) is 7.95. The summed E-state index contributed by atoms with van der Waals surface area (Å²) in [5.74, 6) is -0.487. The number of piperazine rings is 1. The standard InChI is InChI=1S/C38H50ClN7O4/c1-37(2,3)50-36(49)46-25-30-10-6-5-9-29(30)24-33(46)34(47)42-32(23-28-11-13-31(39)14-12-28)35(48)43-19-21-44(22-20-43)38(15-7-4-8-16-38)17-18-45-27-40-26-41-45/h5-6,9-14,26-27,32-33H,4,7-8,15-25H2,1-3H3,(H,42,47)/t32-,33-/m1/s1. The lowest BCUT2D eigenvalue weighted by Gasteiger charge is -2.50. The van der Waals surface area contributed by atoms with Crippen molar-refractivity contribution in [3.05, 3.63) is 82.9 Å². The summed E-state index contributed by atoms with van der Waals surface area (Å²) in [5.41, 5.74) is 2.23. The molecule has 2 fully saturated rings. The number of hydrogen-bond acceptors (Lipinski definition) is 7. The van der Waals surface area contributed by atoms with Crippen LogP contribution in [-0.2, 0) is 40.3 Å². The van der Waals surface area contributed by atoms with Gasteiger partial charge in [0.15, 0.2) is 0 Å². The number of hydrogen-bond donors (Lipinski definition) is 1. The van der Waals surface area contributed by atoms with Crippen LogP contribution in [0.25, 0.3) is 0 Å². The Morgan fingerprint density at radius 1 is 0.980 bits per heavy atom. The predicted molar refractivity (Wildman–Crippen MR) is 191 cm³/mol. The lowest BCUT2D eigenvalue weighted by atomic mass is 9.77. The smallest absolute Gasteiger partial charge is 0.411 e. The van der Waals surface area contributed by atoms with Crippen molar-refractivity contribution in [2.45, 2.75) is 108 Å². The van der Waals surface area contributed by atoms with E-state index in [4.69, 9.17) is 16.3 Å². The zero-order chi connectivity index (χ0) is 35.3. The third kappa shape index (κ3) is 8.66. The van der Waals surface area contributed by atoms with E-state index in [9.17, 15) is 14.4 Å². The maximum Gasteiger partial charge on any atom is 0.411 e. The van der Waals surface area contributed by atoms with Gasteiger partial charge in [0.25, 0.3) is 0 Å². The van der Waals surface area contributed by atoms with Crippen LogP contribution >= 0.6 is 11.6 Å². The van der Waals surface area contributed by atoms with Gasteiger partial charge in [0.1, 0.15) is 30.3 Å². The third-order valence-electron chi connectivity index (χ3n) is 10.5. The molecule has 1 saturated carbocycles. The highest BCUT2D eigenvalue weighted by atomic mass is 35.5. The average Bonchev–Trinajstić information content (AvgIpc) is 3.64. The van der Waals surface area contributed by atoms with Crippen LogP contribution in [0.3, 0.4) is 0 Å². The number of ether oxygens (including phenoxy) is 1. The Hall–Kier alpha value is -3.96. The highest BCUT2D eigenvalue weighted by Crippen LogP contribution is 2.37. The van der Waals surface area contributed by atoms with Gasteiger partial charge in [-0.2, -0.15) is 5.10 Å². The summed E-state index contributed by atoms with van der Waals surface area (Å²) in [7, 11) is 0. The Labute approximate surface area is 300 Å². The van der Waals surface area contributed by atoms with Crippen molar-refractivity contribution in [2.75, 3.05) is 26.2 Å². The monoisotopic (exact) mass is 703 g/mol. The van der Waals surface area contributed by atoms with Gasteiger partial charge in [-0.3, -0.25) is 24.1 Å². The molecule has 0 bridgehead atoms. The molecule has 1 saturated heterocycles. The maximum absolute atomic E-state index is 14.4. The van der Waals surface area contributed by atoms with Crippen LogP contribution in [0, 0.1) is 0 Å². The summed E-state index contributed by atoms with van der Waals surface area (Å²) in [6.07, 6.45) is 10.4. The van der Waals surface area contributed by atoms with Gasteiger partial charge in [0.05, 0.1) is 6.54 Å². The molecule has 11 nitrogen and oxygen atoms in total. The van der Waals surface area contributed by atoms with E-state index in [0.717, 1.165) is 55.6 Å². The number of carbonyl (C=O) groups is 3. The van der Waals surface area contributed by atoms with E-state index in [1.165, 1.54) is 24.2 Å². The minimum absolute atomic E-state index is 0.0820. The number of fused-ring (bicyclic) bond motifs is 1. The van der Waals surface area contributed by atoms with E-state index in [1.54, 1.807) is 24.8 Å². The van der Waals surface area contributed by atoms with Gasteiger partial charge in [0.2, 0.25) is 11.8 Å². The number of amides is 3. The molecule has 6 rings (SSSR count).